The molecule has 0 amide bonds. The number of hydrogen-bond acceptors (Lipinski definition) is 10. The van der Waals surface area contributed by atoms with Crippen molar-refractivity contribution in [2.75, 3.05) is 13.7 Å². The minimum atomic E-state index is -1.58. The van der Waals surface area contributed by atoms with Gasteiger partial charge >= 0.3 is 0 Å². The summed E-state index contributed by atoms with van der Waals surface area (Å²) in [5.74, 6) is 0.321. The van der Waals surface area contributed by atoms with Crippen LogP contribution in [0.5, 0.6) is 17.2 Å². The first-order valence-corrected chi connectivity index (χ1v) is 9.74. The first-order valence-electron chi connectivity index (χ1n) is 9.74. The molecule has 1 aliphatic heterocycles. The Bertz CT molecular complexity index is 1170. The van der Waals surface area contributed by atoms with Gasteiger partial charge in [-0.15, -0.1) is 0 Å². The van der Waals surface area contributed by atoms with E-state index in [9.17, 15) is 30.3 Å². The minimum absolute atomic E-state index is 0.118. The van der Waals surface area contributed by atoms with Crippen molar-refractivity contribution in [2.24, 2.45) is 0 Å². The number of fused-ring (bicyclic) bond motifs is 1. The first-order chi connectivity index (χ1) is 15.3. The second-order valence-corrected chi connectivity index (χ2v) is 7.34. The summed E-state index contributed by atoms with van der Waals surface area (Å²) < 4.78 is 21.5. The molecule has 0 bridgehead atoms. The van der Waals surface area contributed by atoms with E-state index in [1.165, 1.54) is 43.7 Å². The lowest BCUT2D eigenvalue weighted by molar-refractivity contribution is -0.277. The number of benzene rings is 2. The Morgan fingerprint density at radius 2 is 1.81 bits per heavy atom. The number of ether oxygens (including phenoxy) is 3. The van der Waals surface area contributed by atoms with Crippen LogP contribution in [0.1, 0.15) is 0 Å². The highest BCUT2D eigenvalue weighted by molar-refractivity contribution is 5.83. The van der Waals surface area contributed by atoms with Gasteiger partial charge in [0, 0.05) is 6.07 Å². The number of methoxy groups -OCH3 is 1. The van der Waals surface area contributed by atoms with Gasteiger partial charge in [-0.05, 0) is 29.8 Å². The Balaban J connectivity index is 1.62. The van der Waals surface area contributed by atoms with E-state index in [4.69, 9.17) is 18.6 Å². The molecule has 2 aromatic carbocycles. The van der Waals surface area contributed by atoms with Gasteiger partial charge in [0.2, 0.25) is 6.29 Å². The predicted molar refractivity (Wildman–Crippen MR) is 111 cm³/mol. The van der Waals surface area contributed by atoms with Crippen molar-refractivity contribution in [3.63, 3.8) is 0 Å². The van der Waals surface area contributed by atoms with Gasteiger partial charge in [0.25, 0.3) is 0 Å². The number of aromatic hydroxyl groups is 1. The summed E-state index contributed by atoms with van der Waals surface area (Å²) in [7, 11) is 1.42. The quantitative estimate of drug-likeness (QED) is 0.370. The molecule has 2 heterocycles. The number of rotatable bonds is 5. The first kappa shape index (κ1) is 22.1. The van der Waals surface area contributed by atoms with E-state index in [-0.39, 0.29) is 39.2 Å². The third kappa shape index (κ3) is 3.90. The summed E-state index contributed by atoms with van der Waals surface area (Å²) in [5.41, 5.74) is 0.535. The standard InChI is InChI=1S/C22H22O10/c1-29-15-5-2-10(6-14(15)24)13-9-30-16-7-11(3-4-12(16)18(13)25)31-22-21(28)20(27)19(26)17(8-23)32-22/h2-7,9,17,19-24,26-28H,8H2,1H3/t17?,19-,20?,21?,22-/m1/s1. The van der Waals surface area contributed by atoms with Crippen LogP contribution in [-0.2, 0) is 4.74 Å². The lowest BCUT2D eigenvalue weighted by Gasteiger charge is -2.39. The van der Waals surface area contributed by atoms with Crippen LogP contribution >= 0.6 is 0 Å². The Labute approximate surface area is 181 Å². The van der Waals surface area contributed by atoms with Crippen molar-refractivity contribution in [3.8, 4) is 28.4 Å². The molecule has 5 atom stereocenters. The third-order valence-corrected chi connectivity index (χ3v) is 5.34. The van der Waals surface area contributed by atoms with Crippen molar-refractivity contribution in [2.45, 2.75) is 30.7 Å². The Kier molecular flexibility index (Phi) is 6.04. The Hall–Kier alpha value is -3.15. The van der Waals surface area contributed by atoms with Gasteiger partial charge in [-0.25, -0.2) is 0 Å². The fraction of sp³-hybridized carbons (Fsp3) is 0.318. The Morgan fingerprint density at radius 1 is 1.03 bits per heavy atom. The maximum Gasteiger partial charge on any atom is 0.229 e. The molecule has 0 saturated carbocycles. The molecule has 0 spiro atoms. The van der Waals surface area contributed by atoms with Crippen LogP contribution < -0.4 is 14.9 Å². The van der Waals surface area contributed by atoms with E-state index in [2.05, 4.69) is 0 Å². The molecule has 5 N–H and O–H groups in total. The van der Waals surface area contributed by atoms with E-state index in [1.54, 1.807) is 6.07 Å². The lowest BCUT2D eigenvalue weighted by atomic mass is 9.99. The van der Waals surface area contributed by atoms with Crippen LogP contribution in [0, 0.1) is 0 Å². The van der Waals surface area contributed by atoms with E-state index in [0.29, 0.717) is 5.56 Å². The van der Waals surface area contributed by atoms with E-state index < -0.39 is 37.3 Å². The highest BCUT2D eigenvalue weighted by atomic mass is 16.7. The molecular weight excluding hydrogens is 424 g/mol. The van der Waals surface area contributed by atoms with E-state index in [0.717, 1.165) is 0 Å². The highest BCUT2D eigenvalue weighted by Crippen LogP contribution is 2.32. The van der Waals surface area contributed by atoms with Crippen molar-refractivity contribution in [1.29, 1.82) is 0 Å². The molecule has 3 aromatic rings. The summed E-state index contributed by atoms with van der Waals surface area (Å²) in [6, 6.07) is 8.88. The van der Waals surface area contributed by atoms with Crippen LogP contribution in [0.4, 0.5) is 0 Å². The van der Waals surface area contributed by atoms with E-state index in [1.807, 2.05) is 0 Å². The zero-order chi connectivity index (χ0) is 23.0. The van der Waals surface area contributed by atoms with Crippen LogP contribution in [0.25, 0.3) is 22.1 Å². The molecule has 10 heteroatoms. The maximum atomic E-state index is 12.9. The molecule has 4 rings (SSSR count). The molecule has 32 heavy (non-hydrogen) atoms. The molecule has 0 aliphatic carbocycles. The SMILES string of the molecule is COc1ccc(-c2coc3cc(O[C@@H]4OC(CO)[C@@H](O)C(O)C4O)ccc3c2=O)cc1O. The number of phenols is 1. The van der Waals surface area contributed by atoms with Gasteiger partial charge in [0.05, 0.1) is 24.7 Å². The largest absolute Gasteiger partial charge is 0.504 e. The van der Waals surface area contributed by atoms with Crippen molar-refractivity contribution in [1.82, 2.24) is 0 Å². The zero-order valence-corrected chi connectivity index (χ0v) is 16.9. The fourth-order valence-electron chi connectivity index (χ4n) is 3.54. The second-order valence-electron chi connectivity index (χ2n) is 7.34. The number of aliphatic hydroxyl groups is 4. The van der Waals surface area contributed by atoms with Gasteiger partial charge in [0.1, 0.15) is 42.0 Å². The average molecular weight is 446 g/mol. The average Bonchev–Trinajstić information content (AvgIpc) is 2.79. The summed E-state index contributed by atoms with van der Waals surface area (Å²) >= 11 is 0. The molecular formula is C22H22O10. The number of hydrogen-bond donors (Lipinski definition) is 5. The van der Waals surface area contributed by atoms with Crippen molar-refractivity contribution in [3.05, 3.63) is 52.9 Å². The maximum absolute atomic E-state index is 12.9. The summed E-state index contributed by atoms with van der Waals surface area (Å²) in [6.45, 7) is -0.582. The topological polar surface area (TPSA) is 159 Å². The molecule has 3 unspecified atom stereocenters. The third-order valence-electron chi connectivity index (χ3n) is 5.34. The zero-order valence-electron chi connectivity index (χ0n) is 16.9. The Morgan fingerprint density at radius 3 is 2.50 bits per heavy atom. The molecule has 1 fully saturated rings. The summed E-state index contributed by atoms with van der Waals surface area (Å²) in [6.07, 6.45) is -5.87. The van der Waals surface area contributed by atoms with Crippen LogP contribution in [0.2, 0.25) is 0 Å². The van der Waals surface area contributed by atoms with Crippen LogP contribution in [-0.4, -0.2) is 70.0 Å². The van der Waals surface area contributed by atoms with Crippen molar-refractivity contribution < 1.29 is 44.2 Å². The molecule has 10 nitrogen and oxygen atoms in total. The van der Waals surface area contributed by atoms with Gasteiger partial charge < -0.3 is 44.2 Å². The number of aliphatic hydroxyl groups excluding tert-OH is 4. The van der Waals surface area contributed by atoms with Crippen molar-refractivity contribution >= 4 is 11.0 Å². The minimum Gasteiger partial charge on any atom is -0.504 e. The monoisotopic (exact) mass is 446 g/mol. The van der Waals surface area contributed by atoms with Gasteiger partial charge in [0.15, 0.2) is 16.9 Å². The van der Waals surface area contributed by atoms with E-state index >= 15 is 0 Å². The normalized spacial score (nSPS) is 25.6. The predicted octanol–water partition coefficient (Wildman–Crippen LogP) is 0.353. The molecule has 1 aromatic heterocycles. The molecule has 1 aliphatic rings. The lowest BCUT2D eigenvalue weighted by Crippen LogP contribution is -2.60. The van der Waals surface area contributed by atoms with Gasteiger partial charge in [-0.3, -0.25) is 4.79 Å². The van der Waals surface area contributed by atoms with Gasteiger partial charge in [-0.1, -0.05) is 6.07 Å². The molecule has 0 radical (unpaired) electrons. The smallest absolute Gasteiger partial charge is 0.229 e. The molecule has 170 valence electrons. The highest BCUT2D eigenvalue weighted by Gasteiger charge is 2.44. The second kappa shape index (κ2) is 8.77. The van der Waals surface area contributed by atoms with Crippen LogP contribution in [0.3, 0.4) is 0 Å². The summed E-state index contributed by atoms with van der Waals surface area (Å²) in [5, 5.41) is 49.4. The number of phenolic OH excluding ortho intramolecular Hbond substituents is 1. The van der Waals surface area contributed by atoms with Crippen LogP contribution in [0.15, 0.2) is 51.9 Å². The fourth-order valence-corrected chi connectivity index (χ4v) is 3.54. The summed E-state index contributed by atoms with van der Waals surface area (Å²) in [4.78, 5) is 12.9. The molecule has 1 saturated heterocycles. The van der Waals surface area contributed by atoms with Gasteiger partial charge in [-0.2, -0.15) is 0 Å².